The molecule has 5 rings (SSSR count). The Morgan fingerprint density at radius 3 is 0.688 bits per heavy atom. The van der Waals surface area contributed by atoms with Gasteiger partial charge in [0.25, 0.3) is 0 Å². The van der Waals surface area contributed by atoms with E-state index >= 15 is 0 Å². The van der Waals surface area contributed by atoms with Gasteiger partial charge < -0.3 is 0 Å². The second-order valence-corrected chi connectivity index (χ2v) is 8.00. The van der Waals surface area contributed by atoms with E-state index in [1.54, 1.807) is 0 Å². The highest BCUT2D eigenvalue weighted by molar-refractivity contribution is 5.41. The summed E-state index contributed by atoms with van der Waals surface area (Å²) in [6, 6.07) is 16.9. The molecule has 4 aromatic heterocycles. The third kappa shape index (κ3) is 4.26. The number of aromatic nitrogens is 4. The van der Waals surface area contributed by atoms with Crippen LogP contribution >= 0.6 is 0 Å². The number of hydrogen-bond donors (Lipinski definition) is 0. The van der Waals surface area contributed by atoms with Gasteiger partial charge in [-0.25, -0.2) is 0 Å². The smallest absolute Gasteiger partial charge is 0.0270 e. The Morgan fingerprint density at radius 2 is 0.500 bits per heavy atom. The number of allylic oxidation sites excluding steroid dienone is 4. The van der Waals surface area contributed by atoms with Crippen molar-refractivity contribution in [1.82, 2.24) is 19.9 Å². The quantitative estimate of drug-likeness (QED) is 0.393. The summed E-state index contributed by atoms with van der Waals surface area (Å²) in [4.78, 5) is 16.9. The molecule has 4 heteroatoms. The largest absolute Gasteiger partial charge is 0.265 e. The zero-order valence-corrected chi connectivity index (χ0v) is 17.6. The van der Waals surface area contributed by atoms with Gasteiger partial charge in [-0.15, -0.1) is 0 Å². The fourth-order valence-corrected chi connectivity index (χ4v) is 4.57. The standard InChI is InChI=1S/C28H24N4/c1-2-26(22-7-15-30-16-8-22)28(24-11-19-32-20-12-24)4-3-27(23-9-17-31-18-10-23)25(1)21-5-13-29-14-6-21/h1-20,25-28H/b2-1-,4-3-. The molecule has 0 saturated carbocycles. The highest BCUT2D eigenvalue weighted by atomic mass is 14.6. The monoisotopic (exact) mass is 416 g/mol. The van der Waals surface area contributed by atoms with Crippen LogP contribution in [-0.2, 0) is 0 Å². The maximum absolute atomic E-state index is 4.23. The van der Waals surface area contributed by atoms with Gasteiger partial charge in [-0.2, -0.15) is 0 Å². The molecular formula is C28H24N4. The van der Waals surface area contributed by atoms with E-state index in [0.29, 0.717) is 0 Å². The highest BCUT2D eigenvalue weighted by Crippen LogP contribution is 2.42. The molecule has 0 radical (unpaired) electrons. The van der Waals surface area contributed by atoms with Crippen molar-refractivity contribution in [2.24, 2.45) is 0 Å². The third-order valence-electron chi connectivity index (χ3n) is 6.19. The Balaban J connectivity index is 1.64. The van der Waals surface area contributed by atoms with Gasteiger partial charge in [0.1, 0.15) is 0 Å². The van der Waals surface area contributed by atoms with Gasteiger partial charge >= 0.3 is 0 Å². The fraction of sp³-hybridized carbons (Fsp3) is 0.143. The van der Waals surface area contributed by atoms with E-state index in [2.05, 4.69) is 92.8 Å². The molecule has 1 aliphatic rings. The van der Waals surface area contributed by atoms with Gasteiger partial charge in [-0.3, -0.25) is 19.9 Å². The first-order chi connectivity index (χ1) is 15.9. The van der Waals surface area contributed by atoms with Crippen LogP contribution in [0.4, 0.5) is 0 Å². The summed E-state index contributed by atoms with van der Waals surface area (Å²) < 4.78 is 0. The maximum atomic E-state index is 4.23. The molecule has 4 unspecified atom stereocenters. The van der Waals surface area contributed by atoms with Crippen molar-refractivity contribution in [3.63, 3.8) is 0 Å². The summed E-state index contributed by atoms with van der Waals surface area (Å²) in [7, 11) is 0. The third-order valence-corrected chi connectivity index (χ3v) is 6.19. The van der Waals surface area contributed by atoms with Crippen LogP contribution in [0.5, 0.6) is 0 Å². The lowest BCUT2D eigenvalue weighted by Crippen LogP contribution is -2.14. The Kier molecular flexibility index (Phi) is 5.93. The predicted octanol–water partition coefficient (Wildman–Crippen LogP) is 5.83. The summed E-state index contributed by atoms with van der Waals surface area (Å²) in [5.74, 6) is 0.775. The molecule has 0 saturated heterocycles. The summed E-state index contributed by atoms with van der Waals surface area (Å²) in [6.45, 7) is 0. The molecule has 1 aliphatic carbocycles. The lowest BCUT2D eigenvalue weighted by atomic mass is 9.74. The number of pyridine rings is 4. The van der Waals surface area contributed by atoms with Crippen LogP contribution in [0.1, 0.15) is 45.9 Å². The van der Waals surface area contributed by atoms with E-state index in [1.807, 2.05) is 49.6 Å². The molecule has 4 atom stereocenters. The maximum Gasteiger partial charge on any atom is 0.0270 e. The molecule has 4 aromatic rings. The van der Waals surface area contributed by atoms with E-state index in [4.69, 9.17) is 0 Å². The lowest BCUT2D eigenvalue weighted by molar-refractivity contribution is 0.672. The van der Waals surface area contributed by atoms with Gasteiger partial charge in [-0.05, 0) is 70.8 Å². The van der Waals surface area contributed by atoms with Crippen molar-refractivity contribution in [3.05, 3.63) is 145 Å². The highest BCUT2D eigenvalue weighted by Gasteiger charge is 2.27. The molecule has 0 aliphatic heterocycles. The van der Waals surface area contributed by atoms with E-state index in [9.17, 15) is 0 Å². The second kappa shape index (κ2) is 9.48. The molecule has 0 amide bonds. The topological polar surface area (TPSA) is 51.6 Å². The minimum atomic E-state index is 0.194. The fourth-order valence-electron chi connectivity index (χ4n) is 4.57. The average Bonchev–Trinajstić information content (AvgIpc) is 2.86. The van der Waals surface area contributed by atoms with Gasteiger partial charge in [0.2, 0.25) is 0 Å². The van der Waals surface area contributed by atoms with Crippen LogP contribution < -0.4 is 0 Å². The van der Waals surface area contributed by atoms with E-state index in [0.717, 1.165) is 0 Å². The van der Waals surface area contributed by atoms with Gasteiger partial charge in [0, 0.05) is 73.2 Å². The van der Waals surface area contributed by atoms with Crippen LogP contribution in [0.2, 0.25) is 0 Å². The van der Waals surface area contributed by atoms with Crippen LogP contribution in [-0.4, -0.2) is 19.9 Å². The van der Waals surface area contributed by atoms with E-state index in [1.165, 1.54) is 22.3 Å². The molecule has 156 valence electrons. The minimum Gasteiger partial charge on any atom is -0.265 e. The summed E-state index contributed by atoms with van der Waals surface area (Å²) in [5, 5.41) is 0. The SMILES string of the molecule is C1=C\C(c2ccncc2)C(c2ccncc2)/C=C\C(c2ccncc2)C/1c1ccncc1. The Labute approximate surface area is 188 Å². The van der Waals surface area contributed by atoms with Gasteiger partial charge in [0.05, 0.1) is 0 Å². The van der Waals surface area contributed by atoms with Crippen molar-refractivity contribution in [2.75, 3.05) is 0 Å². The molecule has 0 N–H and O–H groups in total. The summed E-state index contributed by atoms with van der Waals surface area (Å²) in [6.07, 6.45) is 24.4. The van der Waals surface area contributed by atoms with Crippen molar-refractivity contribution >= 4 is 0 Å². The Hall–Kier alpha value is -3.92. The zero-order chi connectivity index (χ0) is 21.6. The minimum absolute atomic E-state index is 0.194. The molecular weight excluding hydrogens is 392 g/mol. The van der Waals surface area contributed by atoms with Crippen LogP contribution in [0.3, 0.4) is 0 Å². The number of hydrogen-bond acceptors (Lipinski definition) is 4. The summed E-state index contributed by atoms with van der Waals surface area (Å²) >= 11 is 0. The van der Waals surface area contributed by atoms with Crippen molar-refractivity contribution < 1.29 is 0 Å². The summed E-state index contributed by atoms with van der Waals surface area (Å²) in [5.41, 5.74) is 4.99. The van der Waals surface area contributed by atoms with Crippen molar-refractivity contribution in [3.8, 4) is 0 Å². The molecule has 0 fully saturated rings. The molecule has 0 aromatic carbocycles. The van der Waals surface area contributed by atoms with E-state index < -0.39 is 0 Å². The molecule has 4 heterocycles. The van der Waals surface area contributed by atoms with Crippen LogP contribution in [0.15, 0.2) is 122 Å². The lowest BCUT2D eigenvalue weighted by Gasteiger charge is -2.30. The normalized spacial score (nSPS) is 24.8. The predicted molar refractivity (Wildman–Crippen MR) is 126 cm³/mol. The number of rotatable bonds is 4. The Bertz CT molecular complexity index is 983. The first-order valence-electron chi connectivity index (χ1n) is 10.9. The van der Waals surface area contributed by atoms with Gasteiger partial charge in [-0.1, -0.05) is 24.3 Å². The average molecular weight is 417 g/mol. The van der Waals surface area contributed by atoms with Gasteiger partial charge in [0.15, 0.2) is 0 Å². The zero-order valence-electron chi connectivity index (χ0n) is 17.6. The number of nitrogens with zero attached hydrogens (tertiary/aromatic N) is 4. The van der Waals surface area contributed by atoms with Crippen molar-refractivity contribution in [1.29, 1.82) is 0 Å². The van der Waals surface area contributed by atoms with Crippen LogP contribution in [0.25, 0.3) is 0 Å². The molecule has 4 nitrogen and oxygen atoms in total. The second-order valence-electron chi connectivity index (χ2n) is 8.00. The molecule has 0 bridgehead atoms. The van der Waals surface area contributed by atoms with Crippen molar-refractivity contribution in [2.45, 2.75) is 23.7 Å². The van der Waals surface area contributed by atoms with Crippen LogP contribution in [0, 0.1) is 0 Å². The molecule has 0 spiro atoms. The molecule has 32 heavy (non-hydrogen) atoms. The first kappa shape index (κ1) is 20.0. The first-order valence-corrected chi connectivity index (χ1v) is 10.9. The van der Waals surface area contributed by atoms with E-state index in [-0.39, 0.29) is 23.7 Å². The Morgan fingerprint density at radius 1 is 0.312 bits per heavy atom.